The van der Waals surface area contributed by atoms with Crippen molar-refractivity contribution in [2.75, 3.05) is 19.5 Å². The number of ether oxygens (including phenoxy) is 1. The summed E-state index contributed by atoms with van der Waals surface area (Å²) >= 11 is 6.10. The van der Waals surface area contributed by atoms with Crippen molar-refractivity contribution < 1.29 is 14.3 Å². The second-order valence-electron chi connectivity index (χ2n) is 5.97. The number of amides is 2. The molecule has 2 aromatic rings. The van der Waals surface area contributed by atoms with Gasteiger partial charge < -0.3 is 15.0 Å². The van der Waals surface area contributed by atoms with E-state index in [2.05, 4.69) is 5.32 Å². The van der Waals surface area contributed by atoms with E-state index >= 15 is 0 Å². The lowest BCUT2D eigenvalue weighted by Crippen LogP contribution is -2.44. The Labute approximate surface area is 151 Å². The second kappa shape index (κ2) is 7.15. The van der Waals surface area contributed by atoms with Crippen LogP contribution in [0, 0.1) is 0 Å². The number of anilines is 1. The van der Waals surface area contributed by atoms with Crippen LogP contribution in [-0.4, -0.2) is 36.9 Å². The molecule has 2 aromatic carbocycles. The molecule has 0 aliphatic carbocycles. The lowest BCUT2D eigenvalue weighted by molar-refractivity contribution is -0.120. The maximum Gasteiger partial charge on any atom is 0.254 e. The Bertz CT molecular complexity index is 822. The van der Waals surface area contributed by atoms with Gasteiger partial charge in [0.1, 0.15) is 11.8 Å². The zero-order valence-electron chi connectivity index (χ0n) is 14.1. The number of hydrogen-bond acceptors (Lipinski definition) is 3. The van der Waals surface area contributed by atoms with Crippen molar-refractivity contribution in [2.45, 2.75) is 18.9 Å². The molecule has 3 rings (SSSR count). The molecular formula is C19H19ClN2O3. The zero-order chi connectivity index (χ0) is 18.0. The molecule has 0 saturated heterocycles. The van der Waals surface area contributed by atoms with E-state index in [-0.39, 0.29) is 11.8 Å². The summed E-state index contributed by atoms with van der Waals surface area (Å²) in [4.78, 5) is 26.9. The molecule has 5 nitrogen and oxygen atoms in total. The Morgan fingerprint density at radius 3 is 2.76 bits per heavy atom. The van der Waals surface area contributed by atoms with Crippen molar-refractivity contribution in [3.8, 4) is 5.75 Å². The monoisotopic (exact) mass is 358 g/mol. The molecule has 1 aliphatic rings. The van der Waals surface area contributed by atoms with Gasteiger partial charge in [0.15, 0.2) is 0 Å². The van der Waals surface area contributed by atoms with Crippen molar-refractivity contribution in [3.63, 3.8) is 0 Å². The molecule has 25 heavy (non-hydrogen) atoms. The summed E-state index contributed by atoms with van der Waals surface area (Å²) in [5.74, 6) is 0.169. The van der Waals surface area contributed by atoms with Gasteiger partial charge in [0.25, 0.3) is 5.91 Å². The molecule has 0 radical (unpaired) electrons. The summed E-state index contributed by atoms with van der Waals surface area (Å²) in [6, 6.07) is 12.0. The molecule has 0 fully saturated rings. The van der Waals surface area contributed by atoms with E-state index in [1.165, 1.54) is 12.0 Å². The van der Waals surface area contributed by atoms with Gasteiger partial charge >= 0.3 is 0 Å². The lowest BCUT2D eigenvalue weighted by atomic mass is 10.0. The number of halogens is 1. The van der Waals surface area contributed by atoms with Crippen LogP contribution in [0.2, 0.25) is 5.02 Å². The van der Waals surface area contributed by atoms with Crippen molar-refractivity contribution in [1.82, 2.24) is 4.90 Å². The molecule has 1 N–H and O–H groups in total. The largest absolute Gasteiger partial charge is 0.495 e. The quantitative estimate of drug-likeness (QED) is 0.915. The number of nitrogens with one attached hydrogen (secondary N) is 1. The molecule has 0 spiro atoms. The number of benzene rings is 2. The van der Waals surface area contributed by atoms with E-state index in [1.54, 1.807) is 31.3 Å². The third kappa shape index (κ3) is 3.46. The lowest BCUT2D eigenvalue weighted by Gasteiger charge is -2.25. The molecule has 1 heterocycles. The number of fused-ring (bicyclic) bond motifs is 1. The predicted molar refractivity (Wildman–Crippen MR) is 97.3 cm³/mol. The Hall–Kier alpha value is -2.53. The highest BCUT2D eigenvalue weighted by Gasteiger charge is 2.31. The van der Waals surface area contributed by atoms with E-state index in [4.69, 9.17) is 16.3 Å². The third-order valence-corrected chi connectivity index (χ3v) is 4.74. The van der Waals surface area contributed by atoms with E-state index in [9.17, 15) is 9.59 Å². The van der Waals surface area contributed by atoms with Crippen LogP contribution in [0.5, 0.6) is 5.75 Å². The first-order valence-corrected chi connectivity index (χ1v) is 8.38. The molecular weight excluding hydrogens is 340 g/mol. The highest BCUT2D eigenvalue weighted by Crippen LogP contribution is 2.28. The van der Waals surface area contributed by atoms with E-state index in [1.807, 2.05) is 18.2 Å². The van der Waals surface area contributed by atoms with Gasteiger partial charge in [-0.2, -0.15) is 0 Å². The Kier molecular flexibility index (Phi) is 4.95. The molecule has 0 aromatic heterocycles. The third-order valence-electron chi connectivity index (χ3n) is 4.44. The molecule has 1 unspecified atom stereocenters. The van der Waals surface area contributed by atoms with Crippen LogP contribution in [0.4, 0.5) is 5.69 Å². The average molecular weight is 359 g/mol. The minimum Gasteiger partial charge on any atom is -0.495 e. The van der Waals surface area contributed by atoms with E-state index in [0.717, 1.165) is 5.56 Å². The molecule has 0 bridgehead atoms. The van der Waals surface area contributed by atoms with Gasteiger partial charge in [-0.05, 0) is 42.7 Å². The van der Waals surface area contributed by atoms with Crippen molar-refractivity contribution in [1.29, 1.82) is 0 Å². The van der Waals surface area contributed by atoms with Gasteiger partial charge in [-0.15, -0.1) is 0 Å². The van der Waals surface area contributed by atoms with Gasteiger partial charge in [0, 0.05) is 18.3 Å². The summed E-state index contributed by atoms with van der Waals surface area (Å²) in [5.41, 5.74) is 2.20. The number of hydrogen-bond donors (Lipinski definition) is 1. The standard InChI is InChI=1S/C19H19ClN2O3/c1-22-16(9-7-12-5-3-4-6-14(12)19(22)24)18(23)21-13-8-10-17(25-2)15(20)11-13/h3-6,8,10-11,16H,7,9H2,1-2H3,(H,21,23). The smallest absolute Gasteiger partial charge is 0.254 e. The minimum absolute atomic E-state index is 0.138. The van der Waals surface area contributed by atoms with Gasteiger partial charge in [-0.1, -0.05) is 29.8 Å². The fourth-order valence-electron chi connectivity index (χ4n) is 3.04. The van der Waals surface area contributed by atoms with Crippen LogP contribution >= 0.6 is 11.6 Å². The van der Waals surface area contributed by atoms with Gasteiger partial charge in [0.2, 0.25) is 5.91 Å². The van der Waals surface area contributed by atoms with Gasteiger partial charge in [-0.25, -0.2) is 0 Å². The van der Waals surface area contributed by atoms with Crippen LogP contribution in [0.1, 0.15) is 22.3 Å². The fraction of sp³-hybridized carbons (Fsp3) is 0.263. The highest BCUT2D eigenvalue weighted by molar-refractivity contribution is 6.32. The Morgan fingerprint density at radius 2 is 2.04 bits per heavy atom. The van der Waals surface area contributed by atoms with Crippen LogP contribution < -0.4 is 10.1 Å². The first-order chi connectivity index (χ1) is 12.0. The summed E-state index contributed by atoms with van der Waals surface area (Å²) in [6.45, 7) is 0. The maximum absolute atomic E-state index is 12.7. The van der Waals surface area contributed by atoms with Gasteiger partial charge in [-0.3, -0.25) is 9.59 Å². The number of rotatable bonds is 3. The molecule has 1 aliphatic heterocycles. The summed E-state index contributed by atoms with van der Waals surface area (Å²) < 4.78 is 5.11. The summed E-state index contributed by atoms with van der Waals surface area (Å²) in [5, 5.41) is 3.25. The molecule has 1 atom stereocenters. The maximum atomic E-state index is 12.7. The molecule has 130 valence electrons. The number of nitrogens with zero attached hydrogens (tertiary/aromatic N) is 1. The zero-order valence-corrected chi connectivity index (χ0v) is 14.8. The summed E-state index contributed by atoms with van der Waals surface area (Å²) in [7, 11) is 3.19. The first-order valence-electron chi connectivity index (χ1n) is 8.00. The fourth-order valence-corrected chi connectivity index (χ4v) is 3.30. The van der Waals surface area contributed by atoms with Crippen LogP contribution in [0.3, 0.4) is 0 Å². The average Bonchev–Trinajstić information content (AvgIpc) is 2.73. The molecule has 2 amide bonds. The number of methoxy groups -OCH3 is 1. The summed E-state index contributed by atoms with van der Waals surface area (Å²) in [6.07, 6.45) is 1.24. The van der Waals surface area contributed by atoms with Crippen molar-refractivity contribution >= 4 is 29.1 Å². The number of carbonyl (C=O) groups excluding carboxylic acids is 2. The number of aryl methyl sites for hydroxylation is 1. The van der Waals surface area contributed by atoms with E-state index < -0.39 is 6.04 Å². The normalized spacial score (nSPS) is 16.8. The van der Waals surface area contributed by atoms with Crippen LogP contribution in [0.25, 0.3) is 0 Å². The molecule has 0 saturated carbocycles. The minimum atomic E-state index is -0.541. The highest BCUT2D eigenvalue weighted by atomic mass is 35.5. The topological polar surface area (TPSA) is 58.6 Å². The molecule has 6 heteroatoms. The van der Waals surface area contributed by atoms with Crippen molar-refractivity contribution in [3.05, 3.63) is 58.6 Å². The first kappa shape index (κ1) is 17.3. The predicted octanol–water partition coefficient (Wildman–Crippen LogP) is 3.37. The Balaban J connectivity index is 1.79. The SMILES string of the molecule is COc1ccc(NC(=O)C2CCc3ccccc3C(=O)N2C)cc1Cl. The van der Waals surface area contributed by atoms with Gasteiger partial charge in [0.05, 0.1) is 12.1 Å². The van der Waals surface area contributed by atoms with Crippen LogP contribution in [-0.2, 0) is 11.2 Å². The van der Waals surface area contributed by atoms with Crippen LogP contribution in [0.15, 0.2) is 42.5 Å². The van der Waals surface area contributed by atoms with Crippen molar-refractivity contribution in [2.24, 2.45) is 0 Å². The number of carbonyl (C=O) groups is 2. The second-order valence-corrected chi connectivity index (χ2v) is 6.37. The Morgan fingerprint density at radius 1 is 1.28 bits per heavy atom. The number of likely N-dealkylation sites (N-methyl/N-ethyl adjacent to an activating group) is 1. The van der Waals surface area contributed by atoms with E-state index in [0.29, 0.717) is 34.9 Å².